The molecule has 1 aliphatic rings. The van der Waals surface area contributed by atoms with Crippen LogP contribution in [0.5, 0.6) is 0 Å². The third kappa shape index (κ3) is 2.06. The summed E-state index contributed by atoms with van der Waals surface area (Å²) in [6.45, 7) is 2.46. The van der Waals surface area contributed by atoms with Crippen molar-refractivity contribution in [1.29, 1.82) is 0 Å². The van der Waals surface area contributed by atoms with Gasteiger partial charge in [0.25, 0.3) is 0 Å². The van der Waals surface area contributed by atoms with Gasteiger partial charge in [-0.1, -0.05) is 11.6 Å². The summed E-state index contributed by atoms with van der Waals surface area (Å²) < 4.78 is 13.9. The number of hydrogen-bond acceptors (Lipinski definition) is 3. The molecule has 1 saturated carbocycles. The number of rotatable bonds is 3. The second kappa shape index (κ2) is 4.44. The highest BCUT2D eigenvalue weighted by molar-refractivity contribution is 7.15. The van der Waals surface area contributed by atoms with Gasteiger partial charge in [-0.3, -0.25) is 0 Å². The first-order chi connectivity index (χ1) is 8.69. The summed E-state index contributed by atoms with van der Waals surface area (Å²) in [5.41, 5.74) is 8.49. The first-order valence-electron chi connectivity index (χ1n) is 6.15. The molecule has 0 aliphatic heterocycles. The van der Waals surface area contributed by atoms with E-state index in [1.807, 2.05) is 13.0 Å². The minimum Gasteiger partial charge on any atom is -0.326 e. The second-order valence-corrected chi connectivity index (χ2v) is 5.87. The van der Waals surface area contributed by atoms with E-state index in [0.29, 0.717) is 18.0 Å². The van der Waals surface area contributed by atoms with Crippen molar-refractivity contribution < 1.29 is 4.39 Å². The van der Waals surface area contributed by atoms with Crippen LogP contribution in [0.1, 0.15) is 34.9 Å². The molecular weight excluding hydrogens is 247 g/mol. The molecule has 4 heteroatoms. The molecule has 0 saturated heterocycles. The van der Waals surface area contributed by atoms with Crippen LogP contribution in [0.25, 0.3) is 10.6 Å². The van der Waals surface area contributed by atoms with Gasteiger partial charge in [0, 0.05) is 22.9 Å². The quantitative estimate of drug-likeness (QED) is 0.918. The standard InChI is InChI=1S/C14H15FN2S/c1-8-2-5-11(15)10(6-8)14-17-13(9-3-4-9)12(7-16)18-14/h2,5-6,9H,3-4,7,16H2,1H3. The first-order valence-corrected chi connectivity index (χ1v) is 6.97. The highest BCUT2D eigenvalue weighted by Crippen LogP contribution is 2.44. The lowest BCUT2D eigenvalue weighted by Crippen LogP contribution is -1.96. The zero-order valence-corrected chi connectivity index (χ0v) is 11.1. The fourth-order valence-corrected chi connectivity index (χ4v) is 3.15. The predicted molar refractivity (Wildman–Crippen MR) is 72.1 cm³/mol. The molecule has 0 atom stereocenters. The average Bonchev–Trinajstić information content (AvgIpc) is 3.12. The number of benzene rings is 1. The maximum Gasteiger partial charge on any atom is 0.133 e. The molecule has 18 heavy (non-hydrogen) atoms. The Hall–Kier alpha value is -1.26. The minimum absolute atomic E-state index is 0.208. The van der Waals surface area contributed by atoms with E-state index in [-0.39, 0.29) is 5.82 Å². The third-order valence-corrected chi connectivity index (χ3v) is 4.36. The molecule has 1 aliphatic carbocycles. The average molecular weight is 262 g/mol. The topological polar surface area (TPSA) is 38.9 Å². The van der Waals surface area contributed by atoms with E-state index in [0.717, 1.165) is 21.1 Å². The molecule has 1 fully saturated rings. The molecule has 2 aromatic rings. The number of aryl methyl sites for hydroxylation is 1. The van der Waals surface area contributed by atoms with Crippen LogP contribution in [0, 0.1) is 12.7 Å². The summed E-state index contributed by atoms with van der Waals surface area (Å²) in [6, 6.07) is 5.13. The monoisotopic (exact) mass is 262 g/mol. The Morgan fingerprint density at radius 3 is 2.89 bits per heavy atom. The summed E-state index contributed by atoms with van der Waals surface area (Å²) in [7, 11) is 0. The van der Waals surface area contributed by atoms with Crippen LogP contribution in [-0.4, -0.2) is 4.98 Å². The molecule has 0 radical (unpaired) electrons. The van der Waals surface area contributed by atoms with Crippen molar-refractivity contribution in [2.24, 2.45) is 5.73 Å². The molecule has 2 N–H and O–H groups in total. The van der Waals surface area contributed by atoms with Crippen molar-refractivity contribution in [3.8, 4) is 10.6 Å². The highest BCUT2D eigenvalue weighted by atomic mass is 32.1. The van der Waals surface area contributed by atoms with E-state index in [2.05, 4.69) is 4.98 Å². The maximum absolute atomic E-state index is 13.9. The van der Waals surface area contributed by atoms with E-state index < -0.39 is 0 Å². The van der Waals surface area contributed by atoms with Crippen LogP contribution < -0.4 is 5.73 Å². The number of nitrogens with zero attached hydrogens (tertiary/aromatic N) is 1. The molecule has 0 spiro atoms. The zero-order valence-electron chi connectivity index (χ0n) is 10.2. The molecule has 94 valence electrons. The van der Waals surface area contributed by atoms with Crippen LogP contribution in [0.15, 0.2) is 18.2 Å². The second-order valence-electron chi connectivity index (χ2n) is 4.79. The SMILES string of the molecule is Cc1ccc(F)c(-c2nc(C3CC3)c(CN)s2)c1. The van der Waals surface area contributed by atoms with Gasteiger partial charge < -0.3 is 5.73 Å². The minimum atomic E-state index is -0.208. The Labute approximate surface area is 110 Å². The third-order valence-electron chi connectivity index (χ3n) is 3.23. The first kappa shape index (κ1) is 11.8. The predicted octanol–water partition coefficient (Wildman–Crippen LogP) is 3.59. The van der Waals surface area contributed by atoms with Crippen molar-refractivity contribution >= 4 is 11.3 Å². The Bertz CT molecular complexity index is 587. The Morgan fingerprint density at radius 1 is 1.44 bits per heavy atom. The van der Waals surface area contributed by atoms with Gasteiger partial charge in [-0.25, -0.2) is 9.37 Å². The zero-order chi connectivity index (χ0) is 12.7. The van der Waals surface area contributed by atoms with Gasteiger partial charge >= 0.3 is 0 Å². The Balaban J connectivity index is 2.08. The lowest BCUT2D eigenvalue weighted by atomic mass is 10.1. The summed E-state index contributed by atoms with van der Waals surface area (Å²) in [6.07, 6.45) is 2.37. The smallest absolute Gasteiger partial charge is 0.133 e. The lowest BCUT2D eigenvalue weighted by molar-refractivity contribution is 0.630. The van der Waals surface area contributed by atoms with Crippen LogP contribution >= 0.6 is 11.3 Å². The molecular formula is C14H15FN2S. The molecule has 1 aromatic carbocycles. The summed E-state index contributed by atoms with van der Waals surface area (Å²) >= 11 is 1.53. The van der Waals surface area contributed by atoms with Gasteiger partial charge in [-0.15, -0.1) is 11.3 Å². The molecule has 2 nitrogen and oxygen atoms in total. The normalized spacial score (nSPS) is 15.1. The van der Waals surface area contributed by atoms with Crippen LogP contribution in [0.4, 0.5) is 4.39 Å². The number of nitrogens with two attached hydrogens (primary N) is 1. The number of thiazole rings is 1. The summed E-state index contributed by atoms with van der Waals surface area (Å²) in [5, 5.41) is 0.763. The van der Waals surface area contributed by atoms with Crippen molar-refractivity contribution in [1.82, 2.24) is 4.98 Å². The fraction of sp³-hybridized carbons (Fsp3) is 0.357. The Morgan fingerprint density at radius 2 is 2.22 bits per heavy atom. The van der Waals surface area contributed by atoms with Gasteiger partial charge in [-0.2, -0.15) is 0 Å². The van der Waals surface area contributed by atoms with E-state index >= 15 is 0 Å². The molecule has 1 heterocycles. The highest BCUT2D eigenvalue weighted by Gasteiger charge is 2.29. The number of halogens is 1. The van der Waals surface area contributed by atoms with Gasteiger partial charge in [-0.05, 0) is 31.9 Å². The van der Waals surface area contributed by atoms with E-state index in [9.17, 15) is 4.39 Å². The van der Waals surface area contributed by atoms with Crippen molar-refractivity contribution in [3.63, 3.8) is 0 Å². The molecule has 1 aromatic heterocycles. The Kier molecular flexibility index (Phi) is 2.92. The van der Waals surface area contributed by atoms with Gasteiger partial charge in [0.1, 0.15) is 10.8 Å². The molecule has 3 rings (SSSR count). The molecule has 0 amide bonds. The van der Waals surface area contributed by atoms with Crippen molar-refractivity contribution in [2.75, 3.05) is 0 Å². The van der Waals surface area contributed by atoms with E-state index in [4.69, 9.17) is 5.73 Å². The van der Waals surface area contributed by atoms with Gasteiger partial charge in [0.2, 0.25) is 0 Å². The summed E-state index contributed by atoms with van der Waals surface area (Å²) in [5.74, 6) is 0.349. The van der Waals surface area contributed by atoms with Crippen LogP contribution in [0.2, 0.25) is 0 Å². The van der Waals surface area contributed by atoms with E-state index in [1.165, 1.54) is 30.2 Å². The molecule has 0 bridgehead atoms. The van der Waals surface area contributed by atoms with Crippen LogP contribution in [-0.2, 0) is 6.54 Å². The largest absolute Gasteiger partial charge is 0.326 e. The van der Waals surface area contributed by atoms with Gasteiger partial charge in [0.05, 0.1) is 5.69 Å². The van der Waals surface area contributed by atoms with Crippen LogP contribution in [0.3, 0.4) is 0 Å². The van der Waals surface area contributed by atoms with Crippen molar-refractivity contribution in [3.05, 3.63) is 40.2 Å². The molecule has 0 unspecified atom stereocenters. The number of aromatic nitrogens is 1. The van der Waals surface area contributed by atoms with Gasteiger partial charge in [0.15, 0.2) is 0 Å². The summed E-state index contributed by atoms with van der Waals surface area (Å²) in [4.78, 5) is 5.72. The van der Waals surface area contributed by atoms with E-state index in [1.54, 1.807) is 6.07 Å². The maximum atomic E-state index is 13.9. The van der Waals surface area contributed by atoms with Crippen molar-refractivity contribution in [2.45, 2.75) is 32.2 Å². The number of hydrogen-bond donors (Lipinski definition) is 1. The fourth-order valence-electron chi connectivity index (χ4n) is 2.10. The lowest BCUT2D eigenvalue weighted by Gasteiger charge is -2.00.